The molecule has 2 unspecified atom stereocenters. The first-order valence-corrected chi connectivity index (χ1v) is 25.1. The van der Waals surface area contributed by atoms with Gasteiger partial charge >= 0.3 is 0 Å². The van der Waals surface area contributed by atoms with Gasteiger partial charge in [0.25, 0.3) is 0 Å². The van der Waals surface area contributed by atoms with Crippen molar-refractivity contribution in [3.63, 3.8) is 0 Å². The number of aromatic nitrogens is 4. The summed E-state index contributed by atoms with van der Waals surface area (Å²) >= 11 is 0. The van der Waals surface area contributed by atoms with Gasteiger partial charge in [0.05, 0.1) is 22.8 Å². The first-order valence-electron chi connectivity index (χ1n) is 25.1. The summed E-state index contributed by atoms with van der Waals surface area (Å²) in [5.74, 6) is 3.10. The van der Waals surface area contributed by atoms with Crippen LogP contribution in [0.2, 0.25) is 0 Å². The van der Waals surface area contributed by atoms with Gasteiger partial charge in [0, 0.05) is 67.1 Å². The number of nitrogens with zero attached hydrogens (tertiary/aromatic N) is 4. The van der Waals surface area contributed by atoms with E-state index >= 15 is 0 Å². The van der Waals surface area contributed by atoms with Gasteiger partial charge in [-0.1, -0.05) is 194 Å². The third-order valence-electron chi connectivity index (χ3n) is 14.9. The van der Waals surface area contributed by atoms with E-state index in [1.807, 2.05) is 48.5 Å². The maximum absolute atomic E-state index is 6.22. The maximum atomic E-state index is 6.22. The molecule has 9 aromatic carbocycles. The van der Waals surface area contributed by atoms with Crippen LogP contribution in [0.5, 0.6) is 0 Å². The molecule has 6 heteroatoms. The van der Waals surface area contributed by atoms with E-state index < -0.39 is 0 Å². The van der Waals surface area contributed by atoms with Gasteiger partial charge in [-0.3, -0.25) is 0 Å². The van der Waals surface area contributed by atoms with Gasteiger partial charge in [0.2, 0.25) is 0 Å². The number of benzene rings is 9. The average molecular weight is 947 g/mol. The molecule has 2 atom stereocenters. The Labute approximate surface area is 427 Å². The minimum absolute atomic E-state index is 0.0233. The molecule has 3 aliphatic rings. The Kier molecular flexibility index (Phi) is 9.60. The Bertz CT molecular complexity index is 3970. The summed E-state index contributed by atoms with van der Waals surface area (Å²) in [5, 5.41) is 2.17. The second-order valence-electron chi connectivity index (χ2n) is 19.3. The summed E-state index contributed by atoms with van der Waals surface area (Å²) in [7, 11) is 0. The first kappa shape index (κ1) is 42.0. The van der Waals surface area contributed by atoms with Crippen molar-refractivity contribution in [2.75, 3.05) is 0 Å². The predicted octanol–water partition coefficient (Wildman–Crippen LogP) is 17.1. The second-order valence-corrected chi connectivity index (χ2v) is 19.3. The van der Waals surface area contributed by atoms with Crippen LogP contribution in [0.15, 0.2) is 251 Å². The van der Waals surface area contributed by atoms with Crippen molar-refractivity contribution >= 4 is 21.9 Å². The molecule has 0 aliphatic heterocycles. The van der Waals surface area contributed by atoms with Gasteiger partial charge in [0.1, 0.15) is 22.7 Å². The van der Waals surface area contributed by atoms with Crippen LogP contribution in [0, 0.1) is 0 Å². The molecular formula is C68H42N4O2. The van der Waals surface area contributed by atoms with Crippen molar-refractivity contribution in [3.8, 4) is 90.5 Å². The van der Waals surface area contributed by atoms with Gasteiger partial charge in [-0.05, 0) is 81.9 Å². The summed E-state index contributed by atoms with van der Waals surface area (Å²) in [6.07, 6.45) is 0. The van der Waals surface area contributed by atoms with E-state index in [4.69, 9.17) is 28.8 Å². The maximum Gasteiger partial charge on any atom is 0.160 e. The topological polar surface area (TPSA) is 77.8 Å². The number of fused-ring (bicyclic) bond motifs is 2. The van der Waals surface area contributed by atoms with Crippen LogP contribution in [0.25, 0.3) is 112 Å². The average Bonchev–Trinajstić information content (AvgIpc) is 4.14. The van der Waals surface area contributed by atoms with Crippen molar-refractivity contribution < 1.29 is 8.83 Å². The van der Waals surface area contributed by atoms with Crippen LogP contribution in [0.3, 0.4) is 0 Å². The molecule has 0 N–H and O–H groups in total. The molecule has 0 saturated heterocycles. The molecule has 346 valence electrons. The van der Waals surface area contributed by atoms with Crippen molar-refractivity contribution in [1.82, 2.24) is 19.9 Å². The standard InChI is InChI=1S/C68H42N4O2/c1-3-13-41(14-4-1)57-39-59(43-23-27-45(28-24-43)63-37-47-17-7-11-21-61(47)73-63)71-67(69-57)49-31-33-53-55(35-49)65-51-19-9-10-20-52(51)66(53)56-36-50(32-34-54(56)65)68-70-58(42-15-5-2-6-16-42)40-60(72-68)44-25-29-46(30-26-44)64-38-48-18-8-12-22-62(48)74-64/h1-40,65-66H. The summed E-state index contributed by atoms with van der Waals surface area (Å²) in [5.41, 5.74) is 21.1. The SMILES string of the molecule is c1ccc(-c2cc(-c3ccc(-c4cc5ccccc5o4)cc3)nc(-c3ccc4c(c3)C3c5ccccc5C4c4cc(-c5nc(-c6ccccc6)cc(-c6ccc(-c7cc8ccccc8o7)cc6)n5)ccc43)n2)cc1. The lowest BCUT2D eigenvalue weighted by Gasteiger charge is -2.42. The van der Waals surface area contributed by atoms with E-state index in [1.165, 1.54) is 33.4 Å². The van der Waals surface area contributed by atoms with E-state index in [9.17, 15) is 0 Å². The molecule has 3 aliphatic carbocycles. The van der Waals surface area contributed by atoms with Crippen molar-refractivity contribution in [1.29, 1.82) is 0 Å². The molecule has 0 fully saturated rings. The third kappa shape index (κ3) is 7.10. The third-order valence-corrected chi connectivity index (χ3v) is 14.9. The van der Waals surface area contributed by atoms with E-state index in [2.05, 4.69) is 194 Å². The molecule has 4 aromatic heterocycles. The van der Waals surface area contributed by atoms with Gasteiger partial charge in [-0.15, -0.1) is 0 Å². The highest BCUT2D eigenvalue weighted by Crippen LogP contribution is 2.56. The fraction of sp³-hybridized carbons (Fsp3) is 0.0294. The first-order chi connectivity index (χ1) is 36.6. The highest BCUT2D eigenvalue weighted by Gasteiger charge is 2.41. The monoisotopic (exact) mass is 946 g/mol. The fourth-order valence-corrected chi connectivity index (χ4v) is 11.3. The summed E-state index contributed by atoms with van der Waals surface area (Å²) < 4.78 is 12.4. The molecule has 74 heavy (non-hydrogen) atoms. The molecule has 6 nitrogen and oxygen atoms in total. The molecule has 0 saturated carbocycles. The molecular weight excluding hydrogens is 905 g/mol. The Morgan fingerprint density at radius 3 is 0.973 bits per heavy atom. The zero-order valence-electron chi connectivity index (χ0n) is 39.9. The Balaban J connectivity index is 0.807. The summed E-state index contributed by atoms with van der Waals surface area (Å²) in [6, 6.07) is 85.0. The van der Waals surface area contributed by atoms with Crippen molar-refractivity contribution in [3.05, 3.63) is 276 Å². The van der Waals surface area contributed by atoms with Crippen LogP contribution < -0.4 is 0 Å². The zero-order chi connectivity index (χ0) is 48.7. The highest BCUT2D eigenvalue weighted by molar-refractivity contribution is 5.85. The van der Waals surface area contributed by atoms with Crippen molar-refractivity contribution in [2.45, 2.75) is 11.8 Å². The van der Waals surface area contributed by atoms with Crippen LogP contribution in [0.4, 0.5) is 0 Å². The highest BCUT2D eigenvalue weighted by atomic mass is 16.3. The van der Waals surface area contributed by atoms with Crippen LogP contribution >= 0.6 is 0 Å². The van der Waals surface area contributed by atoms with Gasteiger partial charge in [-0.2, -0.15) is 0 Å². The van der Waals surface area contributed by atoms with Crippen molar-refractivity contribution in [2.24, 2.45) is 0 Å². The normalized spacial score (nSPS) is 14.2. The second kappa shape index (κ2) is 16.9. The minimum atomic E-state index is 0.0233. The zero-order valence-corrected chi connectivity index (χ0v) is 39.9. The lowest BCUT2D eigenvalue weighted by atomic mass is 9.61. The largest absolute Gasteiger partial charge is 0.456 e. The van der Waals surface area contributed by atoms with E-state index in [0.717, 1.165) is 101 Å². The lowest BCUT2D eigenvalue weighted by Crippen LogP contribution is -2.27. The van der Waals surface area contributed by atoms with Gasteiger partial charge in [-0.25, -0.2) is 19.9 Å². The summed E-state index contributed by atoms with van der Waals surface area (Å²) in [6.45, 7) is 0. The van der Waals surface area contributed by atoms with E-state index in [-0.39, 0.29) is 11.8 Å². The number of rotatable bonds is 8. The number of hydrogen-bond donors (Lipinski definition) is 0. The van der Waals surface area contributed by atoms with Crippen LogP contribution in [-0.4, -0.2) is 19.9 Å². The van der Waals surface area contributed by atoms with Crippen LogP contribution in [0.1, 0.15) is 45.2 Å². The van der Waals surface area contributed by atoms with Gasteiger partial charge < -0.3 is 8.83 Å². The molecule has 16 rings (SSSR count). The Hall–Kier alpha value is -9.78. The molecule has 2 bridgehead atoms. The molecule has 0 spiro atoms. The van der Waals surface area contributed by atoms with Gasteiger partial charge in [0.15, 0.2) is 11.6 Å². The van der Waals surface area contributed by atoms with E-state index in [1.54, 1.807) is 0 Å². The fourth-order valence-electron chi connectivity index (χ4n) is 11.3. The number of para-hydroxylation sites is 2. The smallest absolute Gasteiger partial charge is 0.160 e. The molecule has 0 amide bonds. The van der Waals surface area contributed by atoms with E-state index in [0.29, 0.717) is 11.6 Å². The molecule has 0 radical (unpaired) electrons. The predicted molar refractivity (Wildman–Crippen MR) is 295 cm³/mol. The number of hydrogen-bond acceptors (Lipinski definition) is 6. The quantitative estimate of drug-likeness (QED) is 0.151. The number of furan rings is 2. The molecule has 4 heterocycles. The van der Waals surface area contributed by atoms with Crippen LogP contribution in [-0.2, 0) is 0 Å². The Morgan fingerprint density at radius 2 is 0.568 bits per heavy atom. The minimum Gasteiger partial charge on any atom is -0.456 e. The Morgan fingerprint density at radius 1 is 0.243 bits per heavy atom. The molecule has 13 aromatic rings. The summed E-state index contributed by atoms with van der Waals surface area (Å²) in [4.78, 5) is 21.2. The lowest BCUT2D eigenvalue weighted by molar-refractivity contribution is 0.631.